The smallest absolute Gasteiger partial charge is 0.219 e. The molecule has 0 fully saturated rings. The molecule has 5 heteroatoms. The standard InChI is InChI=1S/C12H15N3OS/c1-2-12(16)13-5-7-15-6-3-11(14-15)10-4-8-17-9-10/h3-4,6,8-9H,2,5,7H2,1H3,(H,13,16). The van der Waals surface area contributed by atoms with Gasteiger partial charge < -0.3 is 5.32 Å². The highest BCUT2D eigenvalue weighted by Crippen LogP contribution is 2.19. The quantitative estimate of drug-likeness (QED) is 0.882. The molecule has 0 aromatic carbocycles. The number of hydrogen-bond donors (Lipinski definition) is 1. The van der Waals surface area contributed by atoms with E-state index in [0.29, 0.717) is 19.5 Å². The van der Waals surface area contributed by atoms with Crippen LogP contribution in [0.4, 0.5) is 0 Å². The lowest BCUT2D eigenvalue weighted by atomic mass is 10.2. The number of carbonyl (C=O) groups excluding carboxylic acids is 1. The first kappa shape index (κ1) is 11.9. The van der Waals surface area contributed by atoms with Gasteiger partial charge in [0.1, 0.15) is 0 Å². The van der Waals surface area contributed by atoms with E-state index in [-0.39, 0.29) is 5.91 Å². The Hall–Kier alpha value is -1.62. The maximum absolute atomic E-state index is 11.1. The lowest BCUT2D eigenvalue weighted by Gasteiger charge is -2.03. The summed E-state index contributed by atoms with van der Waals surface area (Å²) < 4.78 is 1.85. The summed E-state index contributed by atoms with van der Waals surface area (Å²) in [7, 11) is 0. The van der Waals surface area contributed by atoms with E-state index in [4.69, 9.17) is 0 Å². The first-order chi connectivity index (χ1) is 8.29. The Labute approximate surface area is 104 Å². The van der Waals surface area contributed by atoms with Crippen molar-refractivity contribution in [2.45, 2.75) is 19.9 Å². The van der Waals surface area contributed by atoms with E-state index in [1.165, 1.54) is 0 Å². The molecule has 0 saturated heterocycles. The Morgan fingerprint density at radius 3 is 3.12 bits per heavy atom. The largest absolute Gasteiger partial charge is 0.354 e. The van der Waals surface area contributed by atoms with Crippen LogP contribution in [0.25, 0.3) is 11.3 Å². The van der Waals surface area contributed by atoms with Gasteiger partial charge in [0.05, 0.1) is 12.2 Å². The van der Waals surface area contributed by atoms with Crippen molar-refractivity contribution in [3.05, 3.63) is 29.1 Å². The monoisotopic (exact) mass is 249 g/mol. The summed E-state index contributed by atoms with van der Waals surface area (Å²) in [6.07, 6.45) is 2.46. The van der Waals surface area contributed by atoms with Gasteiger partial charge in [-0.15, -0.1) is 0 Å². The molecule has 0 aliphatic heterocycles. The van der Waals surface area contributed by atoms with Crippen LogP contribution in [0.5, 0.6) is 0 Å². The maximum atomic E-state index is 11.1. The van der Waals surface area contributed by atoms with Gasteiger partial charge in [-0.3, -0.25) is 9.48 Å². The van der Waals surface area contributed by atoms with Gasteiger partial charge in [-0.2, -0.15) is 16.4 Å². The predicted molar refractivity (Wildman–Crippen MR) is 68.8 cm³/mol. The molecule has 2 heterocycles. The van der Waals surface area contributed by atoms with Crippen LogP contribution in [0.2, 0.25) is 0 Å². The van der Waals surface area contributed by atoms with Crippen LogP contribution in [0.3, 0.4) is 0 Å². The summed E-state index contributed by atoms with van der Waals surface area (Å²) in [4.78, 5) is 11.1. The second-order valence-corrected chi connectivity index (χ2v) is 4.46. The average Bonchev–Trinajstić information content (AvgIpc) is 2.98. The van der Waals surface area contributed by atoms with Crippen molar-refractivity contribution in [3.63, 3.8) is 0 Å². The normalized spacial score (nSPS) is 10.4. The first-order valence-corrected chi connectivity index (χ1v) is 6.56. The highest BCUT2D eigenvalue weighted by Gasteiger charge is 2.02. The van der Waals surface area contributed by atoms with Crippen LogP contribution >= 0.6 is 11.3 Å². The highest BCUT2D eigenvalue weighted by atomic mass is 32.1. The minimum absolute atomic E-state index is 0.0789. The van der Waals surface area contributed by atoms with Crippen molar-refractivity contribution in [1.82, 2.24) is 15.1 Å². The third-order valence-electron chi connectivity index (χ3n) is 2.44. The summed E-state index contributed by atoms with van der Waals surface area (Å²) >= 11 is 1.66. The van der Waals surface area contributed by atoms with Crippen LogP contribution in [0.1, 0.15) is 13.3 Å². The summed E-state index contributed by atoms with van der Waals surface area (Å²) in [5, 5.41) is 11.4. The van der Waals surface area contributed by atoms with Crippen molar-refractivity contribution in [2.24, 2.45) is 0 Å². The maximum Gasteiger partial charge on any atom is 0.219 e. The second kappa shape index (κ2) is 5.63. The van der Waals surface area contributed by atoms with Gasteiger partial charge in [-0.1, -0.05) is 6.92 Å². The fourth-order valence-electron chi connectivity index (χ4n) is 1.49. The van der Waals surface area contributed by atoms with E-state index in [9.17, 15) is 4.79 Å². The van der Waals surface area contributed by atoms with E-state index < -0.39 is 0 Å². The topological polar surface area (TPSA) is 46.9 Å². The van der Waals surface area contributed by atoms with Crippen LogP contribution in [0, 0.1) is 0 Å². The fourth-order valence-corrected chi connectivity index (χ4v) is 2.13. The van der Waals surface area contributed by atoms with Crippen LogP contribution in [-0.2, 0) is 11.3 Å². The lowest BCUT2D eigenvalue weighted by molar-refractivity contribution is -0.120. The van der Waals surface area contributed by atoms with E-state index in [1.54, 1.807) is 11.3 Å². The van der Waals surface area contributed by atoms with Crippen molar-refractivity contribution < 1.29 is 4.79 Å². The molecule has 0 spiro atoms. The molecule has 2 aromatic heterocycles. The molecule has 0 aliphatic rings. The molecule has 2 aromatic rings. The average molecular weight is 249 g/mol. The summed E-state index contributed by atoms with van der Waals surface area (Å²) in [5.41, 5.74) is 2.12. The van der Waals surface area contributed by atoms with E-state index in [0.717, 1.165) is 11.3 Å². The zero-order chi connectivity index (χ0) is 12.1. The van der Waals surface area contributed by atoms with Gasteiger partial charge in [-0.05, 0) is 17.5 Å². The number of amides is 1. The summed E-state index contributed by atoms with van der Waals surface area (Å²) in [5.74, 6) is 0.0789. The molecule has 90 valence electrons. The Morgan fingerprint density at radius 2 is 2.41 bits per heavy atom. The van der Waals surface area contributed by atoms with Crippen molar-refractivity contribution >= 4 is 17.2 Å². The van der Waals surface area contributed by atoms with Crippen molar-refractivity contribution in [2.75, 3.05) is 6.54 Å². The predicted octanol–water partition coefficient (Wildman–Crippen LogP) is 2.14. The SMILES string of the molecule is CCC(=O)NCCn1ccc(-c2ccsc2)n1. The van der Waals surface area contributed by atoms with Crippen LogP contribution in [0.15, 0.2) is 29.1 Å². The molecule has 1 N–H and O–H groups in total. The van der Waals surface area contributed by atoms with Gasteiger partial charge in [0.2, 0.25) is 5.91 Å². The van der Waals surface area contributed by atoms with Gasteiger partial charge in [-0.25, -0.2) is 0 Å². The molecule has 1 amide bonds. The molecule has 17 heavy (non-hydrogen) atoms. The number of aromatic nitrogens is 2. The van der Waals surface area contributed by atoms with Gasteiger partial charge >= 0.3 is 0 Å². The molecule has 2 rings (SSSR count). The number of rotatable bonds is 5. The number of hydrogen-bond acceptors (Lipinski definition) is 3. The Morgan fingerprint density at radius 1 is 1.53 bits per heavy atom. The van der Waals surface area contributed by atoms with Crippen molar-refractivity contribution in [1.29, 1.82) is 0 Å². The Kier molecular flexibility index (Phi) is 3.93. The third kappa shape index (κ3) is 3.17. The Balaban J connectivity index is 1.89. The second-order valence-electron chi connectivity index (χ2n) is 3.68. The van der Waals surface area contributed by atoms with Gasteiger partial charge in [0.25, 0.3) is 0 Å². The molecule has 0 saturated carbocycles. The molecule has 0 atom stereocenters. The third-order valence-corrected chi connectivity index (χ3v) is 3.13. The number of nitrogens with zero attached hydrogens (tertiary/aromatic N) is 2. The number of thiophene rings is 1. The zero-order valence-electron chi connectivity index (χ0n) is 9.72. The van der Waals surface area contributed by atoms with Gasteiger partial charge in [0, 0.05) is 30.1 Å². The minimum atomic E-state index is 0.0789. The Bertz CT molecular complexity index is 476. The van der Waals surface area contributed by atoms with Crippen LogP contribution < -0.4 is 5.32 Å². The lowest BCUT2D eigenvalue weighted by Crippen LogP contribution is -2.26. The molecule has 0 unspecified atom stereocenters. The highest BCUT2D eigenvalue weighted by molar-refractivity contribution is 7.08. The molecular formula is C12H15N3OS. The van der Waals surface area contributed by atoms with E-state index in [2.05, 4.69) is 21.9 Å². The summed E-state index contributed by atoms with van der Waals surface area (Å²) in [6.45, 7) is 3.17. The van der Waals surface area contributed by atoms with Crippen LogP contribution in [-0.4, -0.2) is 22.2 Å². The number of carbonyl (C=O) groups is 1. The number of nitrogens with one attached hydrogen (secondary N) is 1. The molecule has 0 radical (unpaired) electrons. The van der Waals surface area contributed by atoms with E-state index >= 15 is 0 Å². The molecule has 0 bridgehead atoms. The van der Waals surface area contributed by atoms with Crippen molar-refractivity contribution in [3.8, 4) is 11.3 Å². The van der Waals surface area contributed by atoms with E-state index in [1.807, 2.05) is 29.2 Å². The molecule has 4 nitrogen and oxygen atoms in total. The summed E-state index contributed by atoms with van der Waals surface area (Å²) in [6, 6.07) is 4.04. The zero-order valence-corrected chi connectivity index (χ0v) is 10.5. The first-order valence-electron chi connectivity index (χ1n) is 5.62. The molecule has 0 aliphatic carbocycles. The minimum Gasteiger partial charge on any atom is -0.354 e. The molecular weight excluding hydrogens is 234 g/mol. The fraction of sp³-hybridized carbons (Fsp3) is 0.333. The van der Waals surface area contributed by atoms with Gasteiger partial charge in [0.15, 0.2) is 0 Å².